The first-order valence-electron chi connectivity index (χ1n) is 7.32. The summed E-state index contributed by atoms with van der Waals surface area (Å²) in [5.41, 5.74) is 1.24. The zero-order valence-electron chi connectivity index (χ0n) is 12.8. The van der Waals surface area contributed by atoms with Crippen LogP contribution >= 0.6 is 22.9 Å². The van der Waals surface area contributed by atoms with Gasteiger partial charge in [0.05, 0.1) is 20.8 Å². The lowest BCUT2D eigenvalue weighted by Gasteiger charge is -2.08. The zero-order valence-corrected chi connectivity index (χ0v) is 15.2. The van der Waals surface area contributed by atoms with Gasteiger partial charge in [-0.15, -0.1) is 0 Å². The Morgan fingerprint density at radius 2 is 1.88 bits per heavy atom. The van der Waals surface area contributed by atoms with Gasteiger partial charge in [0, 0.05) is 11.6 Å². The van der Waals surface area contributed by atoms with Crippen LogP contribution in [0.1, 0.15) is 13.3 Å². The van der Waals surface area contributed by atoms with Crippen molar-refractivity contribution in [3.05, 3.63) is 57.2 Å². The number of thiazole rings is 1. The standard InChI is InChI=1S/C16H15ClN2O3S2/c1-2-9-19-14-8-5-12(10-15(14)23-16(19)20)18-24(21,22)13-6-3-11(17)4-7-13/h3-8,10,18H,2,9H2,1H3. The molecule has 5 nitrogen and oxygen atoms in total. The van der Waals surface area contributed by atoms with E-state index in [1.165, 1.54) is 24.3 Å². The summed E-state index contributed by atoms with van der Waals surface area (Å²) in [5.74, 6) is 0. The molecule has 0 aliphatic rings. The minimum Gasteiger partial charge on any atom is -0.299 e. The summed E-state index contributed by atoms with van der Waals surface area (Å²) in [6, 6.07) is 11.0. The molecule has 0 atom stereocenters. The molecule has 24 heavy (non-hydrogen) atoms. The highest BCUT2D eigenvalue weighted by molar-refractivity contribution is 7.92. The zero-order chi connectivity index (χ0) is 17.3. The molecule has 126 valence electrons. The second-order valence-corrected chi connectivity index (χ2v) is 8.37. The van der Waals surface area contributed by atoms with Gasteiger partial charge in [-0.05, 0) is 48.9 Å². The van der Waals surface area contributed by atoms with E-state index in [1.54, 1.807) is 22.8 Å². The molecule has 0 unspecified atom stereocenters. The third-order valence-corrected chi connectivity index (χ3v) is 6.08. The maximum absolute atomic E-state index is 12.4. The van der Waals surface area contributed by atoms with E-state index in [0.29, 0.717) is 17.3 Å². The lowest BCUT2D eigenvalue weighted by molar-refractivity contribution is 0.601. The Balaban J connectivity index is 1.95. The molecule has 0 bridgehead atoms. The summed E-state index contributed by atoms with van der Waals surface area (Å²) in [5, 5.41) is 0.470. The second-order valence-electron chi connectivity index (χ2n) is 5.26. The average Bonchev–Trinajstić information content (AvgIpc) is 2.83. The second kappa shape index (κ2) is 6.58. The first kappa shape index (κ1) is 17.0. The van der Waals surface area contributed by atoms with E-state index in [4.69, 9.17) is 11.6 Å². The van der Waals surface area contributed by atoms with E-state index in [9.17, 15) is 13.2 Å². The number of nitrogens with zero attached hydrogens (tertiary/aromatic N) is 1. The van der Waals surface area contributed by atoms with E-state index < -0.39 is 10.0 Å². The predicted octanol–water partition coefficient (Wildman–Crippen LogP) is 3.93. The highest BCUT2D eigenvalue weighted by Gasteiger charge is 2.15. The van der Waals surface area contributed by atoms with Gasteiger partial charge < -0.3 is 0 Å². The van der Waals surface area contributed by atoms with Gasteiger partial charge in [-0.3, -0.25) is 14.1 Å². The fourth-order valence-corrected chi connectivity index (χ4v) is 4.53. The molecule has 0 aliphatic heterocycles. The van der Waals surface area contributed by atoms with Crippen molar-refractivity contribution in [1.82, 2.24) is 4.57 Å². The highest BCUT2D eigenvalue weighted by Crippen LogP contribution is 2.24. The van der Waals surface area contributed by atoms with Gasteiger partial charge in [-0.25, -0.2) is 8.42 Å². The number of nitrogens with one attached hydrogen (secondary N) is 1. The van der Waals surface area contributed by atoms with E-state index in [2.05, 4.69) is 4.72 Å². The molecule has 0 saturated heterocycles. The fraction of sp³-hybridized carbons (Fsp3) is 0.188. The van der Waals surface area contributed by atoms with Crippen LogP contribution in [0.2, 0.25) is 5.02 Å². The lowest BCUT2D eigenvalue weighted by atomic mass is 10.3. The number of halogens is 1. The Morgan fingerprint density at radius 3 is 2.54 bits per heavy atom. The summed E-state index contributed by atoms with van der Waals surface area (Å²) in [6.07, 6.45) is 0.858. The van der Waals surface area contributed by atoms with Crippen LogP contribution < -0.4 is 9.60 Å². The topological polar surface area (TPSA) is 68.2 Å². The van der Waals surface area contributed by atoms with Crippen molar-refractivity contribution in [2.24, 2.45) is 0 Å². The smallest absolute Gasteiger partial charge is 0.299 e. The summed E-state index contributed by atoms with van der Waals surface area (Å²) >= 11 is 6.90. The third-order valence-electron chi connectivity index (χ3n) is 3.49. The predicted molar refractivity (Wildman–Crippen MR) is 98.6 cm³/mol. The van der Waals surface area contributed by atoms with Gasteiger partial charge in [0.1, 0.15) is 0 Å². The first-order chi connectivity index (χ1) is 11.4. The number of hydrogen-bond acceptors (Lipinski definition) is 4. The van der Waals surface area contributed by atoms with Crippen molar-refractivity contribution in [2.75, 3.05) is 4.72 Å². The molecule has 1 heterocycles. The molecule has 0 spiro atoms. The van der Waals surface area contributed by atoms with Crippen molar-refractivity contribution in [1.29, 1.82) is 0 Å². The minimum absolute atomic E-state index is 0.0374. The van der Waals surface area contributed by atoms with Gasteiger partial charge in [0.25, 0.3) is 10.0 Å². The highest BCUT2D eigenvalue weighted by atomic mass is 35.5. The van der Waals surface area contributed by atoms with E-state index in [-0.39, 0.29) is 9.77 Å². The normalized spacial score (nSPS) is 11.8. The number of anilines is 1. The molecule has 0 saturated carbocycles. The molecule has 1 N–H and O–H groups in total. The van der Waals surface area contributed by atoms with E-state index >= 15 is 0 Å². The van der Waals surface area contributed by atoms with Gasteiger partial charge in [-0.2, -0.15) is 0 Å². The number of aromatic nitrogens is 1. The van der Waals surface area contributed by atoms with E-state index in [1.807, 2.05) is 6.92 Å². The number of sulfonamides is 1. The summed E-state index contributed by atoms with van der Waals surface area (Å²) < 4.78 is 29.8. The van der Waals surface area contributed by atoms with Crippen LogP contribution in [-0.2, 0) is 16.6 Å². The Bertz CT molecular complexity index is 1040. The molecule has 8 heteroatoms. The Labute approximate surface area is 148 Å². The van der Waals surface area contributed by atoms with Crippen LogP contribution in [0.5, 0.6) is 0 Å². The van der Waals surface area contributed by atoms with Crippen LogP contribution in [0.25, 0.3) is 10.2 Å². The van der Waals surface area contributed by atoms with Crippen LogP contribution in [0.3, 0.4) is 0 Å². The number of fused-ring (bicyclic) bond motifs is 1. The molecule has 0 fully saturated rings. The van der Waals surface area contributed by atoms with E-state index in [0.717, 1.165) is 28.0 Å². The third kappa shape index (κ3) is 3.33. The summed E-state index contributed by atoms with van der Waals surface area (Å²) in [6.45, 7) is 2.65. The first-order valence-corrected chi connectivity index (χ1v) is 10.0. The van der Waals surface area contributed by atoms with Crippen molar-refractivity contribution in [2.45, 2.75) is 24.8 Å². The van der Waals surface area contributed by atoms with Crippen LogP contribution in [-0.4, -0.2) is 13.0 Å². The van der Waals surface area contributed by atoms with Crippen molar-refractivity contribution in [3.63, 3.8) is 0 Å². The number of aryl methyl sites for hydroxylation is 1. The fourth-order valence-electron chi connectivity index (χ4n) is 2.39. The number of hydrogen-bond donors (Lipinski definition) is 1. The molecule has 0 amide bonds. The largest absolute Gasteiger partial charge is 0.308 e. The maximum Gasteiger partial charge on any atom is 0.308 e. The molecule has 0 aliphatic carbocycles. The van der Waals surface area contributed by atoms with Crippen molar-refractivity contribution in [3.8, 4) is 0 Å². The molecular formula is C16H15ClN2O3S2. The van der Waals surface area contributed by atoms with Crippen LogP contribution in [0, 0.1) is 0 Å². The lowest BCUT2D eigenvalue weighted by Crippen LogP contribution is -2.13. The van der Waals surface area contributed by atoms with Crippen LogP contribution in [0.15, 0.2) is 52.2 Å². The molecule has 3 rings (SSSR count). The summed E-state index contributed by atoms with van der Waals surface area (Å²) in [4.78, 5) is 12.1. The Hall–Kier alpha value is -1.83. The maximum atomic E-state index is 12.4. The summed E-state index contributed by atoms with van der Waals surface area (Å²) in [7, 11) is -3.70. The SMILES string of the molecule is CCCn1c(=O)sc2cc(NS(=O)(=O)c3ccc(Cl)cc3)ccc21. The van der Waals surface area contributed by atoms with Crippen molar-refractivity contribution >= 4 is 48.9 Å². The van der Waals surface area contributed by atoms with Gasteiger partial charge in [0.2, 0.25) is 0 Å². The molecule has 0 radical (unpaired) electrons. The van der Waals surface area contributed by atoms with Crippen LogP contribution in [0.4, 0.5) is 5.69 Å². The molecule has 1 aromatic heterocycles. The quantitative estimate of drug-likeness (QED) is 0.727. The molecular weight excluding hydrogens is 368 g/mol. The Kier molecular flexibility index (Phi) is 4.67. The number of rotatable bonds is 5. The van der Waals surface area contributed by atoms with Gasteiger partial charge in [0.15, 0.2) is 0 Å². The van der Waals surface area contributed by atoms with Gasteiger partial charge in [-0.1, -0.05) is 29.9 Å². The van der Waals surface area contributed by atoms with Gasteiger partial charge >= 0.3 is 4.87 Å². The molecule has 3 aromatic rings. The van der Waals surface area contributed by atoms with Crippen molar-refractivity contribution < 1.29 is 8.42 Å². The molecule has 2 aromatic carbocycles. The monoisotopic (exact) mass is 382 g/mol. The Morgan fingerprint density at radius 1 is 1.17 bits per heavy atom. The minimum atomic E-state index is -3.70. The number of benzene rings is 2. The average molecular weight is 383 g/mol.